The fraction of sp³-hybridized carbons (Fsp3) is 0. The highest BCUT2D eigenvalue weighted by atomic mass is 16.3. The molecule has 40 heavy (non-hydrogen) atoms. The van der Waals surface area contributed by atoms with Crippen LogP contribution in [-0.2, 0) is 0 Å². The molecule has 0 aliphatic heterocycles. The first-order chi connectivity index (χ1) is 19.8. The van der Waals surface area contributed by atoms with Crippen LogP contribution >= 0.6 is 0 Å². The van der Waals surface area contributed by atoms with Crippen molar-refractivity contribution in [2.75, 3.05) is 0 Å². The number of rotatable bonds is 4. The summed E-state index contributed by atoms with van der Waals surface area (Å²) in [4.78, 5) is 9.42. The van der Waals surface area contributed by atoms with Crippen molar-refractivity contribution in [2.24, 2.45) is 0 Å². The van der Waals surface area contributed by atoms with Crippen molar-refractivity contribution in [2.45, 2.75) is 0 Å². The first-order valence-electron chi connectivity index (χ1n) is 13.3. The largest absolute Gasteiger partial charge is 0.436 e. The molecule has 0 aliphatic carbocycles. The molecule has 0 bridgehead atoms. The lowest BCUT2D eigenvalue weighted by molar-refractivity contribution is 0.620. The standard InChI is InChI=1S/C36H23N3O/c1-2-10-24(11-3-1)27-19-17-25(30-13-8-9-21-37-30)22-33(27)39-32-15-6-4-12-28(32)29-20-18-26(23-34(29)39)36-38-31-14-5-7-16-35(31)40-36/h1-23H. The van der Waals surface area contributed by atoms with Gasteiger partial charge in [-0.25, -0.2) is 4.98 Å². The minimum Gasteiger partial charge on any atom is -0.436 e. The second kappa shape index (κ2) is 9.07. The fourth-order valence-electron chi connectivity index (χ4n) is 5.63. The molecule has 8 aromatic rings. The lowest BCUT2D eigenvalue weighted by Crippen LogP contribution is -1.98. The molecule has 3 aromatic heterocycles. The molecule has 0 saturated heterocycles. The van der Waals surface area contributed by atoms with Gasteiger partial charge < -0.3 is 8.98 Å². The number of nitrogens with zero attached hydrogens (tertiary/aromatic N) is 3. The summed E-state index contributed by atoms with van der Waals surface area (Å²) < 4.78 is 8.53. The van der Waals surface area contributed by atoms with Crippen LogP contribution < -0.4 is 0 Å². The van der Waals surface area contributed by atoms with Crippen molar-refractivity contribution in [3.05, 3.63) is 140 Å². The summed E-state index contributed by atoms with van der Waals surface area (Å²) in [5, 5.41) is 2.38. The van der Waals surface area contributed by atoms with Crippen molar-refractivity contribution in [3.8, 4) is 39.5 Å². The Kier molecular flexibility index (Phi) is 5.10. The van der Waals surface area contributed by atoms with E-state index >= 15 is 0 Å². The van der Waals surface area contributed by atoms with E-state index in [1.165, 1.54) is 10.8 Å². The summed E-state index contributed by atoms with van der Waals surface area (Å²) in [6.07, 6.45) is 1.84. The molecular formula is C36H23N3O. The maximum absolute atomic E-state index is 6.16. The molecule has 0 N–H and O–H groups in total. The summed E-state index contributed by atoms with van der Waals surface area (Å²) in [5.41, 5.74) is 10.2. The summed E-state index contributed by atoms with van der Waals surface area (Å²) in [6.45, 7) is 0. The van der Waals surface area contributed by atoms with Gasteiger partial charge in [0.15, 0.2) is 5.58 Å². The lowest BCUT2D eigenvalue weighted by Gasteiger charge is -2.16. The van der Waals surface area contributed by atoms with E-state index < -0.39 is 0 Å². The fourth-order valence-corrected chi connectivity index (χ4v) is 5.63. The third-order valence-corrected chi connectivity index (χ3v) is 7.50. The van der Waals surface area contributed by atoms with E-state index in [4.69, 9.17) is 9.40 Å². The topological polar surface area (TPSA) is 43.9 Å². The van der Waals surface area contributed by atoms with Crippen LogP contribution in [0, 0.1) is 0 Å². The van der Waals surface area contributed by atoms with Gasteiger partial charge in [-0.1, -0.05) is 84.9 Å². The number of benzene rings is 5. The number of pyridine rings is 1. The van der Waals surface area contributed by atoms with Crippen LogP contribution in [0.15, 0.2) is 144 Å². The van der Waals surface area contributed by atoms with Gasteiger partial charge in [-0.15, -0.1) is 0 Å². The molecule has 3 heterocycles. The van der Waals surface area contributed by atoms with Gasteiger partial charge in [-0.05, 0) is 54.1 Å². The maximum Gasteiger partial charge on any atom is 0.227 e. The average Bonchev–Trinajstić information content (AvgIpc) is 3.61. The van der Waals surface area contributed by atoms with Crippen LogP contribution in [0.3, 0.4) is 0 Å². The van der Waals surface area contributed by atoms with Crippen molar-refractivity contribution < 1.29 is 4.42 Å². The molecule has 0 radical (unpaired) electrons. The van der Waals surface area contributed by atoms with Crippen LogP contribution in [0.5, 0.6) is 0 Å². The zero-order valence-corrected chi connectivity index (χ0v) is 21.5. The molecule has 4 nitrogen and oxygen atoms in total. The van der Waals surface area contributed by atoms with Gasteiger partial charge in [-0.2, -0.15) is 0 Å². The molecule has 0 saturated carbocycles. The SMILES string of the molecule is c1ccc(-c2ccc(-c3ccccn3)cc2-n2c3ccccc3c3ccc(-c4nc5ccccc5o4)cc32)cc1. The van der Waals surface area contributed by atoms with E-state index in [9.17, 15) is 0 Å². The predicted octanol–water partition coefficient (Wildman–Crippen LogP) is 9.32. The van der Waals surface area contributed by atoms with Gasteiger partial charge in [0.2, 0.25) is 5.89 Å². The molecule has 0 spiro atoms. The third-order valence-electron chi connectivity index (χ3n) is 7.50. The molecule has 5 aromatic carbocycles. The first kappa shape index (κ1) is 22.5. The van der Waals surface area contributed by atoms with Crippen LogP contribution in [-0.4, -0.2) is 14.5 Å². The number of oxazole rings is 1. The van der Waals surface area contributed by atoms with E-state index in [-0.39, 0.29) is 0 Å². The lowest BCUT2D eigenvalue weighted by atomic mass is 9.99. The van der Waals surface area contributed by atoms with Crippen LogP contribution in [0.4, 0.5) is 0 Å². The van der Waals surface area contributed by atoms with E-state index in [1.54, 1.807) is 0 Å². The van der Waals surface area contributed by atoms with E-state index in [0.717, 1.165) is 55.8 Å². The van der Waals surface area contributed by atoms with Crippen molar-refractivity contribution in [3.63, 3.8) is 0 Å². The Morgan fingerprint density at radius 2 is 1.32 bits per heavy atom. The summed E-state index contributed by atoms with van der Waals surface area (Å²) >= 11 is 0. The smallest absolute Gasteiger partial charge is 0.227 e. The molecule has 4 heteroatoms. The quantitative estimate of drug-likeness (QED) is 0.235. The Morgan fingerprint density at radius 1 is 0.550 bits per heavy atom. The van der Waals surface area contributed by atoms with Crippen molar-refractivity contribution >= 4 is 32.9 Å². The van der Waals surface area contributed by atoms with Crippen LogP contribution in [0.1, 0.15) is 0 Å². The Bertz CT molecular complexity index is 2130. The molecule has 188 valence electrons. The van der Waals surface area contributed by atoms with Gasteiger partial charge in [0, 0.05) is 33.7 Å². The van der Waals surface area contributed by atoms with Gasteiger partial charge in [0.05, 0.1) is 22.4 Å². The highest BCUT2D eigenvalue weighted by Crippen LogP contribution is 2.39. The molecular weight excluding hydrogens is 490 g/mol. The molecule has 0 aliphatic rings. The number of hydrogen-bond donors (Lipinski definition) is 0. The highest BCUT2D eigenvalue weighted by molar-refractivity contribution is 6.10. The summed E-state index contributed by atoms with van der Waals surface area (Å²) in [7, 11) is 0. The van der Waals surface area contributed by atoms with Gasteiger partial charge in [0.1, 0.15) is 5.52 Å². The monoisotopic (exact) mass is 513 g/mol. The number of para-hydroxylation sites is 3. The normalized spacial score (nSPS) is 11.5. The second-order valence-corrected chi connectivity index (χ2v) is 9.88. The zero-order chi connectivity index (χ0) is 26.5. The minimum atomic E-state index is 0.616. The molecule has 0 fully saturated rings. The number of hydrogen-bond acceptors (Lipinski definition) is 3. The average molecular weight is 514 g/mol. The van der Waals surface area contributed by atoms with Gasteiger partial charge >= 0.3 is 0 Å². The van der Waals surface area contributed by atoms with E-state index in [2.05, 4.69) is 107 Å². The van der Waals surface area contributed by atoms with Crippen LogP contribution in [0.25, 0.3) is 72.4 Å². The van der Waals surface area contributed by atoms with Gasteiger partial charge in [-0.3, -0.25) is 4.98 Å². The molecule has 0 atom stereocenters. The van der Waals surface area contributed by atoms with E-state index in [1.807, 2.05) is 42.6 Å². The summed E-state index contributed by atoms with van der Waals surface area (Å²) in [6, 6.07) is 46.2. The van der Waals surface area contributed by atoms with E-state index in [0.29, 0.717) is 5.89 Å². The third kappa shape index (κ3) is 3.62. The molecule has 0 amide bonds. The Morgan fingerprint density at radius 3 is 2.20 bits per heavy atom. The number of fused-ring (bicyclic) bond motifs is 4. The Labute approximate surface area is 230 Å². The second-order valence-electron chi connectivity index (χ2n) is 9.88. The Hall–Kier alpha value is -5.48. The maximum atomic E-state index is 6.16. The predicted molar refractivity (Wildman–Crippen MR) is 162 cm³/mol. The van der Waals surface area contributed by atoms with Gasteiger partial charge in [0.25, 0.3) is 0 Å². The number of aromatic nitrogens is 3. The van der Waals surface area contributed by atoms with Crippen molar-refractivity contribution in [1.29, 1.82) is 0 Å². The Balaban J connectivity index is 1.44. The highest BCUT2D eigenvalue weighted by Gasteiger charge is 2.18. The summed E-state index contributed by atoms with van der Waals surface area (Å²) in [5.74, 6) is 0.616. The van der Waals surface area contributed by atoms with Crippen LogP contribution in [0.2, 0.25) is 0 Å². The van der Waals surface area contributed by atoms with Crippen molar-refractivity contribution in [1.82, 2.24) is 14.5 Å². The zero-order valence-electron chi connectivity index (χ0n) is 21.5. The molecule has 8 rings (SSSR count). The minimum absolute atomic E-state index is 0.616. The molecule has 0 unspecified atom stereocenters. The first-order valence-corrected chi connectivity index (χ1v) is 13.3.